The van der Waals surface area contributed by atoms with Crippen LogP contribution < -0.4 is 9.47 Å². The van der Waals surface area contributed by atoms with Crippen LogP contribution in [0.5, 0.6) is 11.5 Å². The van der Waals surface area contributed by atoms with Gasteiger partial charge < -0.3 is 19.1 Å². The molecule has 0 bridgehead atoms. The zero-order chi connectivity index (χ0) is 20.1. The van der Waals surface area contributed by atoms with Gasteiger partial charge in [0.05, 0.1) is 0 Å². The molecule has 6 nitrogen and oxygen atoms in total. The van der Waals surface area contributed by atoms with E-state index in [-0.39, 0.29) is 12.7 Å². The number of hydrogen-bond acceptors (Lipinski definition) is 5. The van der Waals surface area contributed by atoms with E-state index in [0.29, 0.717) is 30.2 Å². The second-order valence-electron chi connectivity index (χ2n) is 7.06. The first-order valence-corrected chi connectivity index (χ1v) is 9.83. The van der Waals surface area contributed by atoms with Gasteiger partial charge in [0.2, 0.25) is 12.9 Å². The predicted molar refractivity (Wildman–Crippen MR) is 107 cm³/mol. The highest BCUT2D eigenvalue weighted by Gasteiger charge is 2.29. The van der Waals surface area contributed by atoms with Crippen molar-refractivity contribution in [1.29, 1.82) is 0 Å². The summed E-state index contributed by atoms with van der Waals surface area (Å²) >= 11 is 0. The van der Waals surface area contributed by atoms with E-state index in [1.54, 1.807) is 35.2 Å². The molecule has 1 fully saturated rings. The van der Waals surface area contributed by atoms with Crippen LogP contribution in [-0.2, 0) is 14.3 Å². The lowest BCUT2D eigenvalue weighted by Gasteiger charge is -2.30. The Bertz CT molecular complexity index is 903. The van der Waals surface area contributed by atoms with Gasteiger partial charge in [0.1, 0.15) is 0 Å². The second kappa shape index (κ2) is 8.82. The van der Waals surface area contributed by atoms with E-state index in [0.717, 1.165) is 24.8 Å². The number of carbonyl (C=O) groups is 2. The van der Waals surface area contributed by atoms with Gasteiger partial charge in [0.15, 0.2) is 11.5 Å². The van der Waals surface area contributed by atoms with Gasteiger partial charge >= 0.3 is 5.97 Å². The van der Waals surface area contributed by atoms with Crippen LogP contribution >= 0.6 is 0 Å². The number of benzene rings is 2. The Morgan fingerprint density at radius 1 is 0.966 bits per heavy atom. The maximum atomic E-state index is 13.0. The highest BCUT2D eigenvalue weighted by molar-refractivity contribution is 5.91. The normalized spacial score (nSPS) is 16.6. The lowest BCUT2D eigenvalue weighted by atomic mass is 10.1. The van der Waals surface area contributed by atoms with Crippen molar-refractivity contribution in [3.63, 3.8) is 0 Å². The summed E-state index contributed by atoms with van der Waals surface area (Å²) in [5, 5.41) is 0. The summed E-state index contributed by atoms with van der Waals surface area (Å²) in [4.78, 5) is 27.3. The van der Waals surface area contributed by atoms with Crippen LogP contribution in [0.1, 0.15) is 36.5 Å². The van der Waals surface area contributed by atoms with Crippen molar-refractivity contribution in [3.05, 3.63) is 65.7 Å². The summed E-state index contributed by atoms with van der Waals surface area (Å²) < 4.78 is 16.2. The Labute approximate surface area is 169 Å². The molecule has 29 heavy (non-hydrogen) atoms. The number of fused-ring (bicyclic) bond motifs is 1. The van der Waals surface area contributed by atoms with Crippen molar-refractivity contribution in [3.8, 4) is 11.5 Å². The molecule has 2 aromatic rings. The Kier molecular flexibility index (Phi) is 5.79. The average molecular weight is 393 g/mol. The first-order valence-electron chi connectivity index (χ1n) is 9.83. The maximum Gasteiger partial charge on any atom is 0.331 e. The topological polar surface area (TPSA) is 65.1 Å². The third-order valence-corrected chi connectivity index (χ3v) is 5.04. The van der Waals surface area contributed by atoms with E-state index in [2.05, 4.69) is 0 Å². The minimum atomic E-state index is -0.941. The van der Waals surface area contributed by atoms with Gasteiger partial charge in [-0.15, -0.1) is 0 Å². The quantitative estimate of drug-likeness (QED) is 0.572. The molecule has 1 saturated heterocycles. The standard InChI is InChI=1S/C23H23NO5/c25-21(12-10-17-9-11-19-20(15-17)28-16-27-19)29-22(18-7-3-1-4-8-18)23(26)24-13-5-2-6-14-24/h1,3-4,7-12,15,22H,2,5-6,13-14,16H2/b12-10+/t22-/m1/s1. The number of nitrogens with zero attached hydrogens (tertiary/aromatic N) is 1. The Morgan fingerprint density at radius 3 is 2.52 bits per heavy atom. The third-order valence-electron chi connectivity index (χ3n) is 5.04. The van der Waals surface area contributed by atoms with Gasteiger partial charge in [-0.3, -0.25) is 4.79 Å². The number of piperidine rings is 1. The molecule has 2 aliphatic heterocycles. The fourth-order valence-corrected chi connectivity index (χ4v) is 3.51. The summed E-state index contributed by atoms with van der Waals surface area (Å²) in [5.74, 6) is 0.589. The molecule has 2 aliphatic rings. The van der Waals surface area contributed by atoms with Crippen LogP contribution in [0, 0.1) is 0 Å². The van der Waals surface area contributed by atoms with Crippen LogP contribution in [0.15, 0.2) is 54.6 Å². The number of rotatable bonds is 5. The zero-order valence-corrected chi connectivity index (χ0v) is 16.1. The summed E-state index contributed by atoms with van der Waals surface area (Å²) in [7, 11) is 0. The molecule has 6 heteroatoms. The van der Waals surface area contributed by atoms with E-state index >= 15 is 0 Å². The molecule has 0 N–H and O–H groups in total. The van der Waals surface area contributed by atoms with Crippen molar-refractivity contribution in [2.75, 3.05) is 19.9 Å². The summed E-state index contributed by atoms with van der Waals surface area (Å²) in [5.41, 5.74) is 1.46. The van der Waals surface area contributed by atoms with Gasteiger partial charge in [-0.1, -0.05) is 36.4 Å². The van der Waals surface area contributed by atoms with E-state index in [9.17, 15) is 9.59 Å². The lowest BCUT2D eigenvalue weighted by Crippen LogP contribution is -2.40. The first kappa shape index (κ1) is 19.1. The van der Waals surface area contributed by atoms with Crippen molar-refractivity contribution in [2.24, 2.45) is 0 Å². The Hall–Kier alpha value is -3.28. The van der Waals surface area contributed by atoms with E-state index in [1.165, 1.54) is 6.08 Å². The molecule has 0 aliphatic carbocycles. The predicted octanol–water partition coefficient (Wildman–Crippen LogP) is 3.73. The molecular weight excluding hydrogens is 370 g/mol. The fraction of sp³-hybridized carbons (Fsp3) is 0.304. The highest BCUT2D eigenvalue weighted by Crippen LogP contribution is 2.32. The lowest BCUT2D eigenvalue weighted by molar-refractivity contribution is -0.157. The molecule has 1 amide bonds. The van der Waals surface area contributed by atoms with Crippen LogP contribution in [0.4, 0.5) is 0 Å². The molecule has 0 unspecified atom stereocenters. The molecule has 2 aromatic carbocycles. The molecule has 150 valence electrons. The molecule has 4 rings (SSSR count). The second-order valence-corrected chi connectivity index (χ2v) is 7.06. The molecule has 0 aromatic heterocycles. The van der Waals surface area contributed by atoms with E-state index in [4.69, 9.17) is 14.2 Å². The number of amides is 1. The third kappa shape index (κ3) is 4.59. The van der Waals surface area contributed by atoms with Crippen LogP contribution in [0.2, 0.25) is 0 Å². The van der Waals surface area contributed by atoms with E-state index in [1.807, 2.05) is 24.3 Å². The minimum Gasteiger partial charge on any atom is -0.454 e. The zero-order valence-electron chi connectivity index (χ0n) is 16.1. The fourth-order valence-electron chi connectivity index (χ4n) is 3.51. The number of ether oxygens (including phenoxy) is 3. The maximum absolute atomic E-state index is 13.0. The van der Waals surface area contributed by atoms with Gasteiger partial charge in [-0.25, -0.2) is 4.79 Å². The monoisotopic (exact) mass is 393 g/mol. The summed E-state index contributed by atoms with van der Waals surface area (Å²) in [6, 6.07) is 14.6. The van der Waals surface area contributed by atoms with Crippen LogP contribution in [0.25, 0.3) is 6.08 Å². The van der Waals surface area contributed by atoms with Gasteiger partial charge in [0, 0.05) is 24.7 Å². The van der Waals surface area contributed by atoms with Crippen LogP contribution in [-0.4, -0.2) is 36.7 Å². The SMILES string of the molecule is O=C(/C=C/c1ccc2c(c1)OCO2)O[C@@H](C(=O)N1CCCCC1)c1ccccc1. The van der Waals surface area contributed by atoms with Crippen molar-refractivity contribution in [1.82, 2.24) is 4.90 Å². The Morgan fingerprint density at radius 2 is 1.72 bits per heavy atom. The molecule has 2 heterocycles. The van der Waals surface area contributed by atoms with E-state index < -0.39 is 12.1 Å². The van der Waals surface area contributed by atoms with Crippen molar-refractivity contribution in [2.45, 2.75) is 25.4 Å². The van der Waals surface area contributed by atoms with Crippen molar-refractivity contribution < 1.29 is 23.8 Å². The van der Waals surface area contributed by atoms with Gasteiger partial charge in [-0.05, 0) is 43.0 Å². The number of likely N-dealkylation sites (tertiary alicyclic amines) is 1. The van der Waals surface area contributed by atoms with Gasteiger partial charge in [-0.2, -0.15) is 0 Å². The molecule has 0 spiro atoms. The minimum absolute atomic E-state index is 0.166. The largest absolute Gasteiger partial charge is 0.454 e. The molecule has 0 saturated carbocycles. The summed E-state index contributed by atoms with van der Waals surface area (Å²) in [6.07, 6.45) is 5.10. The molecular formula is C23H23NO5. The molecule has 0 radical (unpaired) electrons. The highest BCUT2D eigenvalue weighted by atomic mass is 16.7. The molecule has 1 atom stereocenters. The van der Waals surface area contributed by atoms with Crippen molar-refractivity contribution >= 4 is 18.0 Å². The number of carbonyl (C=O) groups excluding carboxylic acids is 2. The number of hydrogen-bond donors (Lipinski definition) is 0. The average Bonchev–Trinajstić information content (AvgIpc) is 3.25. The first-order chi connectivity index (χ1) is 14.2. The smallest absolute Gasteiger partial charge is 0.331 e. The Balaban J connectivity index is 1.47. The van der Waals surface area contributed by atoms with Crippen LogP contribution in [0.3, 0.4) is 0 Å². The number of esters is 1. The van der Waals surface area contributed by atoms with Gasteiger partial charge in [0.25, 0.3) is 5.91 Å². The summed E-state index contributed by atoms with van der Waals surface area (Å²) in [6.45, 7) is 1.60.